The molecule has 0 aliphatic rings. The third kappa shape index (κ3) is 4.46. The summed E-state index contributed by atoms with van der Waals surface area (Å²) in [4.78, 5) is 12.2. The highest BCUT2D eigenvalue weighted by Crippen LogP contribution is 2.37. The predicted molar refractivity (Wildman–Crippen MR) is 111 cm³/mol. The molecule has 0 aliphatic heterocycles. The molecule has 4 aromatic rings. The summed E-state index contributed by atoms with van der Waals surface area (Å²) < 4.78 is 41.8. The van der Waals surface area contributed by atoms with Gasteiger partial charge in [-0.25, -0.2) is 13.2 Å². The average molecular weight is 440 g/mol. The SMILES string of the molecule is NC(=O)[C@H](Sc1nnc(-c2ccc(F)cc2)n1-c1ccc(F)cc1)c1ccc(F)cc1. The van der Waals surface area contributed by atoms with E-state index in [9.17, 15) is 18.0 Å². The van der Waals surface area contributed by atoms with Crippen LogP contribution in [0.1, 0.15) is 10.8 Å². The number of nitrogens with two attached hydrogens (primary N) is 1. The van der Waals surface area contributed by atoms with Gasteiger partial charge in [-0.2, -0.15) is 0 Å². The molecule has 0 saturated heterocycles. The molecular weight excluding hydrogens is 425 g/mol. The number of amides is 1. The summed E-state index contributed by atoms with van der Waals surface area (Å²) in [5.41, 5.74) is 7.20. The van der Waals surface area contributed by atoms with Crippen LogP contribution in [0.4, 0.5) is 13.2 Å². The fourth-order valence-electron chi connectivity index (χ4n) is 2.99. The summed E-state index contributed by atoms with van der Waals surface area (Å²) in [7, 11) is 0. The van der Waals surface area contributed by atoms with Crippen molar-refractivity contribution in [3.8, 4) is 17.1 Å². The topological polar surface area (TPSA) is 73.8 Å². The number of hydrogen-bond donors (Lipinski definition) is 1. The maximum Gasteiger partial charge on any atom is 0.235 e. The standard InChI is InChI=1S/C22H15F3N4OS/c23-15-5-1-13(2-6-15)19(20(26)30)31-22-28-27-21(14-3-7-16(24)8-4-14)29(22)18-11-9-17(25)10-12-18/h1-12,19H,(H2,26,30)/t19-/m1/s1. The van der Waals surface area contributed by atoms with Crippen LogP contribution in [0.3, 0.4) is 0 Å². The minimum atomic E-state index is -0.870. The highest BCUT2D eigenvalue weighted by Gasteiger charge is 2.25. The van der Waals surface area contributed by atoms with Gasteiger partial charge in [-0.1, -0.05) is 23.9 Å². The molecule has 0 radical (unpaired) electrons. The van der Waals surface area contributed by atoms with Crippen molar-refractivity contribution >= 4 is 17.7 Å². The number of carbonyl (C=O) groups is 1. The summed E-state index contributed by atoms with van der Waals surface area (Å²) in [5.74, 6) is -1.54. The summed E-state index contributed by atoms with van der Waals surface area (Å²) in [6.45, 7) is 0. The highest BCUT2D eigenvalue weighted by molar-refractivity contribution is 8.00. The number of halogens is 3. The molecule has 0 saturated carbocycles. The molecular formula is C22H15F3N4OS. The Hall–Kier alpha value is -3.59. The second-order valence-corrected chi connectivity index (χ2v) is 7.65. The number of rotatable bonds is 6. The lowest BCUT2D eigenvalue weighted by Gasteiger charge is -2.15. The molecule has 3 aromatic carbocycles. The van der Waals surface area contributed by atoms with Crippen molar-refractivity contribution in [2.24, 2.45) is 5.73 Å². The molecule has 156 valence electrons. The Kier molecular flexibility index (Phi) is 5.77. The Morgan fingerprint density at radius 2 is 1.32 bits per heavy atom. The molecule has 1 amide bonds. The first-order valence-electron chi connectivity index (χ1n) is 9.11. The molecule has 1 aromatic heterocycles. The van der Waals surface area contributed by atoms with Crippen LogP contribution in [-0.4, -0.2) is 20.7 Å². The summed E-state index contributed by atoms with van der Waals surface area (Å²) in [5, 5.41) is 7.82. The van der Waals surface area contributed by atoms with E-state index >= 15 is 0 Å². The van der Waals surface area contributed by atoms with Crippen LogP contribution < -0.4 is 5.73 Å². The number of thioether (sulfide) groups is 1. The van der Waals surface area contributed by atoms with E-state index in [0.717, 1.165) is 11.8 Å². The molecule has 0 fully saturated rings. The van der Waals surface area contributed by atoms with E-state index in [2.05, 4.69) is 10.2 Å². The zero-order valence-electron chi connectivity index (χ0n) is 15.9. The molecule has 2 N–H and O–H groups in total. The van der Waals surface area contributed by atoms with Crippen molar-refractivity contribution < 1.29 is 18.0 Å². The predicted octanol–water partition coefficient (Wildman–Crippen LogP) is 4.67. The van der Waals surface area contributed by atoms with E-state index in [1.54, 1.807) is 16.7 Å². The molecule has 5 nitrogen and oxygen atoms in total. The van der Waals surface area contributed by atoms with Gasteiger partial charge in [0.1, 0.15) is 22.7 Å². The molecule has 1 heterocycles. The van der Waals surface area contributed by atoms with Crippen LogP contribution in [-0.2, 0) is 4.79 Å². The lowest BCUT2D eigenvalue weighted by Crippen LogP contribution is -2.19. The van der Waals surface area contributed by atoms with Crippen molar-refractivity contribution in [1.29, 1.82) is 0 Å². The van der Waals surface area contributed by atoms with Crippen molar-refractivity contribution in [2.45, 2.75) is 10.4 Å². The smallest absolute Gasteiger partial charge is 0.235 e. The van der Waals surface area contributed by atoms with Gasteiger partial charge in [0.05, 0.1) is 0 Å². The Bertz CT molecular complexity index is 1210. The zero-order chi connectivity index (χ0) is 22.0. The van der Waals surface area contributed by atoms with E-state index in [0.29, 0.717) is 27.8 Å². The van der Waals surface area contributed by atoms with Crippen LogP contribution in [0.25, 0.3) is 17.1 Å². The number of benzene rings is 3. The van der Waals surface area contributed by atoms with Gasteiger partial charge in [-0.05, 0) is 66.2 Å². The van der Waals surface area contributed by atoms with Crippen molar-refractivity contribution in [3.63, 3.8) is 0 Å². The first kappa shape index (κ1) is 20.7. The molecule has 0 bridgehead atoms. The van der Waals surface area contributed by atoms with Crippen molar-refractivity contribution in [1.82, 2.24) is 14.8 Å². The Morgan fingerprint density at radius 3 is 1.87 bits per heavy atom. The number of nitrogens with zero attached hydrogens (tertiary/aromatic N) is 3. The first-order chi connectivity index (χ1) is 14.9. The molecule has 4 rings (SSSR count). The van der Waals surface area contributed by atoms with E-state index in [4.69, 9.17) is 5.73 Å². The number of primary amides is 1. The van der Waals surface area contributed by atoms with E-state index < -0.39 is 28.6 Å². The second kappa shape index (κ2) is 8.65. The molecule has 0 aliphatic carbocycles. The molecule has 0 spiro atoms. The van der Waals surface area contributed by atoms with Crippen LogP contribution in [0.5, 0.6) is 0 Å². The van der Waals surface area contributed by atoms with Crippen molar-refractivity contribution in [3.05, 3.63) is 95.8 Å². The van der Waals surface area contributed by atoms with Gasteiger partial charge in [0.2, 0.25) is 5.91 Å². The summed E-state index contributed by atoms with van der Waals surface area (Å²) in [6, 6.07) is 16.7. The molecule has 9 heteroatoms. The van der Waals surface area contributed by atoms with Crippen molar-refractivity contribution in [2.75, 3.05) is 0 Å². The van der Waals surface area contributed by atoms with Crippen LogP contribution >= 0.6 is 11.8 Å². The molecule has 31 heavy (non-hydrogen) atoms. The maximum atomic E-state index is 13.5. The largest absolute Gasteiger partial charge is 0.368 e. The fraction of sp³-hybridized carbons (Fsp3) is 0.0455. The number of carbonyl (C=O) groups excluding carboxylic acids is 1. The lowest BCUT2D eigenvalue weighted by molar-refractivity contribution is -0.117. The van der Waals surface area contributed by atoms with Gasteiger partial charge in [0.15, 0.2) is 11.0 Å². The zero-order valence-corrected chi connectivity index (χ0v) is 16.7. The summed E-state index contributed by atoms with van der Waals surface area (Å²) in [6.07, 6.45) is 0. The van der Waals surface area contributed by atoms with E-state index in [-0.39, 0.29) is 0 Å². The lowest BCUT2D eigenvalue weighted by atomic mass is 10.1. The van der Waals surface area contributed by atoms with E-state index in [1.807, 2.05) is 0 Å². The molecule has 1 atom stereocenters. The van der Waals surface area contributed by atoms with E-state index in [1.165, 1.54) is 60.7 Å². The van der Waals surface area contributed by atoms with Crippen LogP contribution in [0.15, 0.2) is 78.0 Å². The molecule has 0 unspecified atom stereocenters. The highest BCUT2D eigenvalue weighted by atomic mass is 32.2. The number of aromatic nitrogens is 3. The minimum Gasteiger partial charge on any atom is -0.368 e. The second-order valence-electron chi connectivity index (χ2n) is 6.58. The quantitative estimate of drug-likeness (QED) is 0.442. The monoisotopic (exact) mass is 440 g/mol. The third-order valence-electron chi connectivity index (χ3n) is 4.48. The van der Waals surface area contributed by atoms with Gasteiger partial charge in [0.25, 0.3) is 0 Å². The average Bonchev–Trinajstić information content (AvgIpc) is 3.17. The first-order valence-corrected chi connectivity index (χ1v) is 9.99. The summed E-state index contributed by atoms with van der Waals surface area (Å²) >= 11 is 1.02. The Balaban J connectivity index is 1.81. The van der Waals surface area contributed by atoms with Gasteiger partial charge in [-0.3, -0.25) is 9.36 Å². The minimum absolute atomic E-state index is 0.305. The maximum absolute atomic E-state index is 13.5. The fourth-order valence-corrected chi connectivity index (χ4v) is 3.99. The third-order valence-corrected chi connectivity index (χ3v) is 5.69. The van der Waals surface area contributed by atoms with Gasteiger partial charge >= 0.3 is 0 Å². The van der Waals surface area contributed by atoms with Crippen LogP contribution in [0, 0.1) is 17.5 Å². The number of hydrogen-bond acceptors (Lipinski definition) is 4. The van der Waals surface area contributed by atoms with Gasteiger partial charge < -0.3 is 5.73 Å². The van der Waals surface area contributed by atoms with Gasteiger partial charge in [-0.15, -0.1) is 10.2 Å². The van der Waals surface area contributed by atoms with Crippen LogP contribution in [0.2, 0.25) is 0 Å². The Labute approximate surface area is 179 Å². The van der Waals surface area contributed by atoms with Gasteiger partial charge in [0, 0.05) is 11.3 Å². The Morgan fingerprint density at radius 1 is 0.806 bits per heavy atom. The normalized spacial score (nSPS) is 12.0.